The topological polar surface area (TPSA) is 80.9 Å². The third-order valence-electron chi connectivity index (χ3n) is 1.96. The van der Waals surface area contributed by atoms with Crippen molar-refractivity contribution in [2.75, 3.05) is 0 Å². The van der Waals surface area contributed by atoms with Gasteiger partial charge in [-0.3, -0.25) is 0 Å². The first-order chi connectivity index (χ1) is 7.89. The Morgan fingerprint density at radius 2 is 0.667 bits per heavy atom. The fourth-order valence-corrected chi connectivity index (χ4v) is 1.23. The molecule has 4 nitrogen and oxygen atoms in total. The van der Waals surface area contributed by atoms with Crippen LogP contribution in [-0.4, -0.2) is 20.4 Å². The van der Waals surface area contributed by atoms with Gasteiger partial charge in [0, 0.05) is 0 Å². The first kappa shape index (κ1) is 14.1. The lowest BCUT2D eigenvalue weighted by Gasteiger charge is -2.18. The molecular weight excluding hydrogens is 274 g/mol. The van der Waals surface area contributed by atoms with Crippen LogP contribution in [0.15, 0.2) is 0 Å². The van der Waals surface area contributed by atoms with Gasteiger partial charge in [-0.2, -0.15) is 26.3 Å². The van der Waals surface area contributed by atoms with Crippen LogP contribution in [0.25, 0.3) is 0 Å². The average molecular weight is 278 g/mol. The van der Waals surface area contributed by atoms with Gasteiger partial charge in [-0.1, -0.05) is 0 Å². The smallest absolute Gasteiger partial charge is 0.423 e. The average Bonchev–Trinajstić information content (AvgIpc) is 2.10. The van der Waals surface area contributed by atoms with Crippen molar-refractivity contribution in [3.05, 3.63) is 11.1 Å². The number of hydrogen-bond donors (Lipinski definition) is 4. The number of rotatable bonds is 0. The van der Waals surface area contributed by atoms with Crippen LogP contribution in [0.4, 0.5) is 26.3 Å². The predicted octanol–water partition coefficient (Wildman–Crippen LogP) is 2.55. The summed E-state index contributed by atoms with van der Waals surface area (Å²) in [6.07, 6.45) is -10.9. The molecule has 1 aromatic rings. The van der Waals surface area contributed by atoms with E-state index in [0.717, 1.165) is 0 Å². The van der Waals surface area contributed by atoms with Crippen molar-refractivity contribution in [3.63, 3.8) is 0 Å². The van der Waals surface area contributed by atoms with Crippen molar-refractivity contribution in [1.82, 2.24) is 0 Å². The number of phenols is 4. The minimum absolute atomic E-state index is 2.22. The van der Waals surface area contributed by atoms with Gasteiger partial charge in [-0.05, 0) is 0 Å². The molecule has 4 N–H and O–H groups in total. The van der Waals surface area contributed by atoms with Crippen LogP contribution >= 0.6 is 0 Å². The van der Waals surface area contributed by atoms with Crippen molar-refractivity contribution in [2.24, 2.45) is 0 Å². The summed E-state index contributed by atoms with van der Waals surface area (Å²) in [5, 5.41) is 35.4. The lowest BCUT2D eigenvalue weighted by atomic mass is 10.0. The molecule has 102 valence electrons. The van der Waals surface area contributed by atoms with E-state index in [1.807, 2.05) is 0 Å². The molecule has 0 saturated carbocycles. The van der Waals surface area contributed by atoms with Crippen LogP contribution in [0.5, 0.6) is 23.0 Å². The minimum Gasteiger partial charge on any atom is -0.504 e. The van der Waals surface area contributed by atoms with E-state index in [9.17, 15) is 26.3 Å². The van der Waals surface area contributed by atoms with Gasteiger partial charge >= 0.3 is 12.4 Å². The Balaban J connectivity index is 3.79. The number of aromatic hydroxyl groups is 4. The minimum atomic E-state index is -5.47. The normalized spacial score (nSPS) is 12.8. The maximum atomic E-state index is 12.3. The molecule has 0 unspecified atom stereocenters. The van der Waals surface area contributed by atoms with Gasteiger partial charge in [-0.25, -0.2) is 0 Å². The highest BCUT2D eigenvalue weighted by molar-refractivity contribution is 5.66. The molecule has 0 radical (unpaired) electrons. The molecule has 0 saturated heterocycles. The van der Waals surface area contributed by atoms with E-state index in [4.69, 9.17) is 20.4 Å². The summed E-state index contributed by atoms with van der Waals surface area (Å²) in [5.41, 5.74) is -4.71. The number of phenolic OH excluding ortho intramolecular Hbond substituents is 4. The van der Waals surface area contributed by atoms with E-state index in [2.05, 4.69) is 0 Å². The molecule has 18 heavy (non-hydrogen) atoms. The van der Waals surface area contributed by atoms with E-state index in [0.29, 0.717) is 0 Å². The quantitative estimate of drug-likeness (QED) is 0.334. The Morgan fingerprint density at radius 1 is 0.500 bits per heavy atom. The molecule has 1 rings (SSSR count). The predicted molar refractivity (Wildman–Crippen MR) is 43.1 cm³/mol. The Hall–Kier alpha value is -2.00. The highest BCUT2D eigenvalue weighted by Crippen LogP contribution is 2.56. The van der Waals surface area contributed by atoms with Crippen molar-refractivity contribution >= 4 is 0 Å². The maximum Gasteiger partial charge on any atom is 0.423 e. The van der Waals surface area contributed by atoms with Gasteiger partial charge in [0.2, 0.25) is 0 Å². The Labute approximate surface area is 94.3 Å². The van der Waals surface area contributed by atoms with E-state index < -0.39 is 46.5 Å². The molecule has 0 aliphatic rings. The van der Waals surface area contributed by atoms with Gasteiger partial charge in [0.25, 0.3) is 0 Å². The summed E-state index contributed by atoms with van der Waals surface area (Å²) in [7, 11) is 0. The van der Waals surface area contributed by atoms with E-state index in [1.165, 1.54) is 0 Å². The Kier molecular flexibility index (Phi) is 2.93. The molecule has 0 spiro atoms. The highest BCUT2D eigenvalue weighted by atomic mass is 19.4. The number of halogens is 6. The number of hydrogen-bond acceptors (Lipinski definition) is 4. The molecule has 0 heterocycles. The van der Waals surface area contributed by atoms with E-state index in [-0.39, 0.29) is 0 Å². The van der Waals surface area contributed by atoms with Gasteiger partial charge < -0.3 is 20.4 Å². The molecular formula is C8H4F6O4. The monoisotopic (exact) mass is 278 g/mol. The Bertz CT molecular complexity index is 416. The number of alkyl halides is 6. The molecule has 10 heteroatoms. The zero-order valence-corrected chi connectivity index (χ0v) is 8.06. The highest BCUT2D eigenvalue weighted by Gasteiger charge is 2.47. The second kappa shape index (κ2) is 3.75. The van der Waals surface area contributed by atoms with Crippen LogP contribution in [0.1, 0.15) is 11.1 Å². The van der Waals surface area contributed by atoms with E-state index >= 15 is 0 Å². The van der Waals surface area contributed by atoms with Crippen LogP contribution < -0.4 is 0 Å². The molecule has 0 fully saturated rings. The summed E-state index contributed by atoms with van der Waals surface area (Å²) >= 11 is 0. The van der Waals surface area contributed by atoms with Crippen LogP contribution in [-0.2, 0) is 12.4 Å². The lowest BCUT2D eigenvalue weighted by molar-refractivity contribution is -0.145. The molecule has 0 aromatic heterocycles. The zero-order valence-electron chi connectivity index (χ0n) is 8.06. The largest absolute Gasteiger partial charge is 0.504 e. The maximum absolute atomic E-state index is 12.3. The van der Waals surface area contributed by atoms with E-state index in [1.54, 1.807) is 0 Å². The van der Waals surface area contributed by atoms with Crippen LogP contribution in [0.2, 0.25) is 0 Å². The standard InChI is InChI=1S/C8H4F6O4/c9-7(10,11)1-3(15)5(17)2(8(12,13)14)6(18)4(1)16/h15-18H. The molecule has 0 aliphatic carbocycles. The second-order valence-corrected chi connectivity index (χ2v) is 3.14. The van der Waals surface area contributed by atoms with Crippen LogP contribution in [0.3, 0.4) is 0 Å². The van der Waals surface area contributed by atoms with Crippen molar-refractivity contribution in [2.45, 2.75) is 12.4 Å². The zero-order chi connectivity index (χ0) is 14.5. The summed E-state index contributed by atoms with van der Waals surface area (Å²) in [6, 6.07) is 0. The van der Waals surface area contributed by atoms with Crippen molar-refractivity contribution in [1.29, 1.82) is 0 Å². The first-order valence-corrected chi connectivity index (χ1v) is 4.03. The lowest BCUT2D eigenvalue weighted by Crippen LogP contribution is -2.11. The molecule has 0 aliphatic heterocycles. The first-order valence-electron chi connectivity index (χ1n) is 4.03. The summed E-state index contributed by atoms with van der Waals surface area (Å²) in [6.45, 7) is 0. The molecule has 0 amide bonds. The molecule has 0 atom stereocenters. The van der Waals surface area contributed by atoms with Crippen LogP contribution in [0, 0.1) is 0 Å². The van der Waals surface area contributed by atoms with Gasteiger partial charge in [0.05, 0.1) is 0 Å². The number of benzene rings is 1. The van der Waals surface area contributed by atoms with Crippen molar-refractivity contribution in [3.8, 4) is 23.0 Å². The summed E-state index contributed by atoms with van der Waals surface area (Å²) in [5.74, 6) is -8.87. The summed E-state index contributed by atoms with van der Waals surface area (Å²) in [4.78, 5) is 0. The third-order valence-corrected chi connectivity index (χ3v) is 1.96. The molecule has 1 aromatic carbocycles. The van der Waals surface area contributed by atoms with Gasteiger partial charge in [0.15, 0.2) is 23.0 Å². The summed E-state index contributed by atoms with van der Waals surface area (Å²) < 4.78 is 73.6. The fourth-order valence-electron chi connectivity index (χ4n) is 1.23. The second-order valence-electron chi connectivity index (χ2n) is 3.14. The SMILES string of the molecule is Oc1c(O)c(C(F)(F)F)c(O)c(O)c1C(F)(F)F. The Morgan fingerprint density at radius 3 is 0.778 bits per heavy atom. The third kappa shape index (κ3) is 2.05. The molecule has 0 bridgehead atoms. The fraction of sp³-hybridized carbons (Fsp3) is 0.250. The van der Waals surface area contributed by atoms with Gasteiger partial charge in [-0.15, -0.1) is 0 Å². The van der Waals surface area contributed by atoms with Crippen molar-refractivity contribution < 1.29 is 46.8 Å². The van der Waals surface area contributed by atoms with Gasteiger partial charge in [0.1, 0.15) is 11.1 Å².